The van der Waals surface area contributed by atoms with Crippen molar-refractivity contribution in [1.29, 1.82) is 0 Å². The summed E-state index contributed by atoms with van der Waals surface area (Å²) in [6, 6.07) is 6.66. The largest absolute Gasteiger partial charge is 0.314 e. The maximum Gasteiger partial charge on any atom is 0.0637 e. The number of halogens is 2. The van der Waals surface area contributed by atoms with Crippen molar-refractivity contribution in [2.75, 3.05) is 19.6 Å². The quantitative estimate of drug-likeness (QED) is 0.909. The van der Waals surface area contributed by atoms with Crippen LogP contribution in [-0.4, -0.2) is 30.6 Å². The molecule has 0 spiro atoms. The third-order valence-electron chi connectivity index (χ3n) is 4.63. The predicted molar refractivity (Wildman–Crippen MR) is 85.5 cm³/mol. The molecular weight excluding hydrogens is 291 g/mol. The number of benzene rings is 1. The molecule has 2 unspecified atom stereocenters. The van der Waals surface area contributed by atoms with Crippen LogP contribution in [0.15, 0.2) is 18.2 Å². The van der Waals surface area contributed by atoms with Crippen molar-refractivity contribution in [3.63, 3.8) is 0 Å². The highest BCUT2D eigenvalue weighted by Gasteiger charge is 2.29. The highest BCUT2D eigenvalue weighted by Crippen LogP contribution is 2.29. The number of likely N-dealkylation sites (tertiary alicyclic amines) is 1. The minimum Gasteiger partial charge on any atom is -0.314 e. The first-order valence-electron chi connectivity index (χ1n) is 7.62. The summed E-state index contributed by atoms with van der Waals surface area (Å²) in [5.74, 6) is 0.796. The van der Waals surface area contributed by atoms with E-state index in [2.05, 4.69) is 16.3 Å². The summed E-state index contributed by atoms with van der Waals surface area (Å²) < 4.78 is 0. The Morgan fingerprint density at radius 3 is 2.90 bits per heavy atom. The standard InChI is InChI=1S/C16H22Cl2N2/c17-14-6-1-4-13(16(14)18)11-20-9-3-5-12(10-20)15-7-2-8-19-15/h1,4,6,12,15,19H,2-3,5,7-11H2. The Balaban J connectivity index is 1.63. The fourth-order valence-electron chi connectivity index (χ4n) is 3.59. The normalized spacial score (nSPS) is 27.9. The fourth-order valence-corrected chi connectivity index (χ4v) is 3.97. The molecule has 2 nitrogen and oxygen atoms in total. The van der Waals surface area contributed by atoms with Crippen molar-refractivity contribution in [3.8, 4) is 0 Å². The highest BCUT2D eigenvalue weighted by atomic mass is 35.5. The summed E-state index contributed by atoms with van der Waals surface area (Å²) in [5.41, 5.74) is 1.15. The highest BCUT2D eigenvalue weighted by molar-refractivity contribution is 6.42. The molecule has 0 saturated carbocycles. The molecule has 2 saturated heterocycles. The van der Waals surface area contributed by atoms with Gasteiger partial charge in [0.15, 0.2) is 0 Å². The van der Waals surface area contributed by atoms with Gasteiger partial charge in [-0.1, -0.05) is 35.3 Å². The Labute approximate surface area is 131 Å². The van der Waals surface area contributed by atoms with Crippen LogP contribution in [0, 0.1) is 5.92 Å². The van der Waals surface area contributed by atoms with Gasteiger partial charge in [0.2, 0.25) is 0 Å². The number of nitrogens with zero attached hydrogens (tertiary/aromatic N) is 1. The average Bonchev–Trinajstić information content (AvgIpc) is 2.98. The zero-order valence-corrected chi connectivity index (χ0v) is 13.3. The minimum absolute atomic E-state index is 0.662. The second-order valence-corrected chi connectivity index (χ2v) is 6.84. The second kappa shape index (κ2) is 6.65. The van der Waals surface area contributed by atoms with Gasteiger partial charge in [0.1, 0.15) is 0 Å². The van der Waals surface area contributed by atoms with E-state index in [1.807, 2.05) is 12.1 Å². The number of nitrogens with one attached hydrogen (secondary N) is 1. The molecule has 2 atom stereocenters. The Morgan fingerprint density at radius 2 is 2.10 bits per heavy atom. The van der Waals surface area contributed by atoms with E-state index >= 15 is 0 Å². The van der Waals surface area contributed by atoms with E-state index in [9.17, 15) is 0 Å². The van der Waals surface area contributed by atoms with Gasteiger partial charge in [-0.15, -0.1) is 0 Å². The maximum absolute atomic E-state index is 6.30. The van der Waals surface area contributed by atoms with Gasteiger partial charge in [0, 0.05) is 19.1 Å². The number of hydrogen-bond donors (Lipinski definition) is 1. The van der Waals surface area contributed by atoms with Crippen molar-refractivity contribution < 1.29 is 0 Å². The number of rotatable bonds is 3. The third kappa shape index (κ3) is 3.30. The van der Waals surface area contributed by atoms with Crippen LogP contribution in [0.2, 0.25) is 10.0 Å². The van der Waals surface area contributed by atoms with Crippen LogP contribution in [0.5, 0.6) is 0 Å². The zero-order valence-electron chi connectivity index (χ0n) is 11.7. The lowest BCUT2D eigenvalue weighted by molar-refractivity contribution is 0.145. The molecule has 0 aromatic heterocycles. The molecule has 0 bridgehead atoms. The van der Waals surface area contributed by atoms with Gasteiger partial charge in [0.05, 0.1) is 10.0 Å². The molecule has 0 aliphatic carbocycles. The fraction of sp³-hybridized carbons (Fsp3) is 0.625. The van der Waals surface area contributed by atoms with E-state index in [-0.39, 0.29) is 0 Å². The smallest absolute Gasteiger partial charge is 0.0637 e. The number of piperidine rings is 1. The van der Waals surface area contributed by atoms with Crippen molar-refractivity contribution >= 4 is 23.2 Å². The molecule has 20 heavy (non-hydrogen) atoms. The summed E-state index contributed by atoms with van der Waals surface area (Å²) in [6.45, 7) is 4.47. The Hall–Kier alpha value is -0.280. The summed E-state index contributed by atoms with van der Waals surface area (Å²) >= 11 is 12.4. The minimum atomic E-state index is 0.662. The lowest BCUT2D eigenvalue weighted by Crippen LogP contribution is -2.43. The first-order chi connectivity index (χ1) is 9.74. The van der Waals surface area contributed by atoms with E-state index in [4.69, 9.17) is 23.2 Å². The first kappa shape index (κ1) is 14.6. The molecule has 1 N–H and O–H groups in total. The molecule has 2 fully saturated rings. The van der Waals surface area contributed by atoms with Crippen molar-refractivity contribution in [3.05, 3.63) is 33.8 Å². The monoisotopic (exact) mass is 312 g/mol. The second-order valence-electron chi connectivity index (χ2n) is 6.05. The molecule has 110 valence electrons. The zero-order chi connectivity index (χ0) is 13.9. The third-order valence-corrected chi connectivity index (χ3v) is 5.49. The van der Waals surface area contributed by atoms with Crippen LogP contribution >= 0.6 is 23.2 Å². The van der Waals surface area contributed by atoms with Gasteiger partial charge in [-0.2, -0.15) is 0 Å². The topological polar surface area (TPSA) is 15.3 Å². The van der Waals surface area contributed by atoms with Crippen LogP contribution in [0.1, 0.15) is 31.2 Å². The van der Waals surface area contributed by atoms with E-state index in [0.29, 0.717) is 5.02 Å². The van der Waals surface area contributed by atoms with E-state index in [1.165, 1.54) is 45.3 Å². The van der Waals surface area contributed by atoms with Gasteiger partial charge >= 0.3 is 0 Å². The number of hydrogen-bond acceptors (Lipinski definition) is 2. The van der Waals surface area contributed by atoms with Gasteiger partial charge in [-0.25, -0.2) is 0 Å². The van der Waals surface area contributed by atoms with Gasteiger partial charge in [-0.3, -0.25) is 4.90 Å². The molecule has 1 aromatic carbocycles. The molecule has 4 heteroatoms. The van der Waals surface area contributed by atoms with Gasteiger partial charge < -0.3 is 5.32 Å². The molecule has 2 aliphatic rings. The Morgan fingerprint density at radius 1 is 1.20 bits per heavy atom. The van der Waals surface area contributed by atoms with Crippen molar-refractivity contribution in [1.82, 2.24) is 10.2 Å². The first-order valence-corrected chi connectivity index (χ1v) is 8.38. The van der Waals surface area contributed by atoms with Crippen molar-refractivity contribution in [2.45, 2.75) is 38.3 Å². The Kier molecular flexibility index (Phi) is 4.87. The summed E-state index contributed by atoms with van der Waals surface area (Å²) in [4.78, 5) is 2.53. The molecule has 3 rings (SSSR count). The SMILES string of the molecule is Clc1cccc(CN2CCCC(C3CCCN3)C2)c1Cl. The van der Waals surface area contributed by atoms with Crippen LogP contribution in [-0.2, 0) is 6.54 Å². The van der Waals surface area contributed by atoms with Crippen LogP contribution in [0.4, 0.5) is 0 Å². The summed E-state index contributed by atoms with van der Waals surface area (Å²) in [5, 5.41) is 5.04. The molecule has 0 amide bonds. The predicted octanol–water partition coefficient (Wildman–Crippen LogP) is 3.96. The van der Waals surface area contributed by atoms with Gasteiger partial charge in [-0.05, 0) is 56.3 Å². The summed E-state index contributed by atoms with van der Waals surface area (Å²) in [6.07, 6.45) is 5.33. The van der Waals surface area contributed by atoms with E-state index in [1.54, 1.807) is 0 Å². The van der Waals surface area contributed by atoms with E-state index in [0.717, 1.165) is 29.1 Å². The van der Waals surface area contributed by atoms with Crippen molar-refractivity contribution in [2.24, 2.45) is 5.92 Å². The lowest BCUT2D eigenvalue weighted by Gasteiger charge is -2.36. The molecular formula is C16H22Cl2N2. The van der Waals surface area contributed by atoms with E-state index < -0.39 is 0 Å². The molecule has 2 heterocycles. The van der Waals surface area contributed by atoms with Gasteiger partial charge in [0.25, 0.3) is 0 Å². The molecule has 1 aromatic rings. The molecule has 0 radical (unpaired) electrons. The van der Waals surface area contributed by atoms with Crippen LogP contribution < -0.4 is 5.32 Å². The Bertz CT molecular complexity index is 458. The van der Waals surface area contributed by atoms with Crippen LogP contribution in [0.3, 0.4) is 0 Å². The summed E-state index contributed by atoms with van der Waals surface area (Å²) in [7, 11) is 0. The van der Waals surface area contributed by atoms with Crippen LogP contribution in [0.25, 0.3) is 0 Å². The average molecular weight is 313 g/mol. The maximum atomic E-state index is 6.30. The molecule has 2 aliphatic heterocycles. The lowest BCUT2D eigenvalue weighted by atomic mass is 9.89.